The van der Waals surface area contributed by atoms with Crippen LogP contribution in [0.1, 0.15) is 32.1 Å². The molecule has 0 heterocycles. The third-order valence-electron chi connectivity index (χ3n) is 3.80. The number of amides is 3. The summed E-state index contributed by atoms with van der Waals surface area (Å²) in [4.78, 5) is 23.3. The Labute approximate surface area is 142 Å². The third-order valence-corrected chi connectivity index (χ3v) is 3.80. The molecule has 1 aromatic carbocycles. The van der Waals surface area contributed by atoms with E-state index >= 15 is 0 Å². The van der Waals surface area contributed by atoms with Gasteiger partial charge in [0.2, 0.25) is 0 Å². The standard InChI is InChI=1S/C18H24N2O4/c1-23-15-7-9-16(10-8-15)24-13-17(21)20-18(22)19-12-11-14-5-3-2-4-6-14/h5,7-10H,2-4,6,11-13H2,1H3,(H2,19,20,21,22). The number of hydrogen-bond donors (Lipinski definition) is 2. The van der Waals surface area contributed by atoms with Gasteiger partial charge in [-0.15, -0.1) is 0 Å². The van der Waals surface area contributed by atoms with E-state index in [9.17, 15) is 9.59 Å². The van der Waals surface area contributed by atoms with E-state index in [1.807, 2.05) is 0 Å². The summed E-state index contributed by atoms with van der Waals surface area (Å²) >= 11 is 0. The molecule has 0 saturated carbocycles. The highest BCUT2D eigenvalue weighted by Gasteiger charge is 2.09. The lowest BCUT2D eigenvalue weighted by Crippen LogP contribution is -2.42. The number of benzene rings is 1. The van der Waals surface area contributed by atoms with Crippen LogP contribution >= 0.6 is 0 Å². The van der Waals surface area contributed by atoms with Crippen LogP contribution in [0.3, 0.4) is 0 Å². The number of allylic oxidation sites excluding steroid dienone is 1. The van der Waals surface area contributed by atoms with E-state index in [1.165, 1.54) is 18.4 Å². The number of nitrogens with one attached hydrogen (secondary N) is 2. The molecule has 0 aromatic heterocycles. The lowest BCUT2D eigenvalue weighted by Gasteiger charge is -2.13. The van der Waals surface area contributed by atoms with Crippen molar-refractivity contribution in [1.82, 2.24) is 10.6 Å². The molecule has 0 fully saturated rings. The van der Waals surface area contributed by atoms with Crippen molar-refractivity contribution in [3.05, 3.63) is 35.9 Å². The Morgan fingerprint density at radius 3 is 2.54 bits per heavy atom. The molecule has 0 radical (unpaired) electrons. The first-order chi connectivity index (χ1) is 11.7. The summed E-state index contributed by atoms with van der Waals surface area (Å²) < 4.78 is 10.3. The second kappa shape index (κ2) is 9.60. The van der Waals surface area contributed by atoms with Crippen molar-refractivity contribution in [2.45, 2.75) is 32.1 Å². The fourth-order valence-corrected chi connectivity index (χ4v) is 2.50. The van der Waals surface area contributed by atoms with Crippen molar-refractivity contribution in [1.29, 1.82) is 0 Å². The number of ether oxygens (including phenoxy) is 2. The lowest BCUT2D eigenvalue weighted by atomic mass is 9.97. The number of rotatable bonds is 7. The predicted molar refractivity (Wildman–Crippen MR) is 91.2 cm³/mol. The van der Waals surface area contributed by atoms with Crippen molar-refractivity contribution >= 4 is 11.9 Å². The van der Waals surface area contributed by atoms with Gasteiger partial charge in [0.1, 0.15) is 11.5 Å². The Morgan fingerprint density at radius 1 is 1.12 bits per heavy atom. The van der Waals surface area contributed by atoms with Crippen LogP contribution in [0.25, 0.3) is 0 Å². The van der Waals surface area contributed by atoms with Crippen LogP contribution in [0, 0.1) is 0 Å². The first-order valence-corrected chi connectivity index (χ1v) is 8.20. The molecule has 1 aliphatic carbocycles. The van der Waals surface area contributed by atoms with Crippen molar-refractivity contribution in [2.24, 2.45) is 0 Å². The number of carbonyl (C=O) groups is 2. The fourth-order valence-electron chi connectivity index (χ4n) is 2.50. The van der Waals surface area contributed by atoms with Gasteiger partial charge in [-0.25, -0.2) is 4.79 Å². The monoisotopic (exact) mass is 332 g/mol. The minimum Gasteiger partial charge on any atom is -0.497 e. The second-order valence-corrected chi connectivity index (χ2v) is 5.63. The summed E-state index contributed by atoms with van der Waals surface area (Å²) in [5, 5.41) is 4.94. The van der Waals surface area contributed by atoms with E-state index in [0.29, 0.717) is 18.0 Å². The molecule has 0 unspecified atom stereocenters. The highest BCUT2D eigenvalue weighted by molar-refractivity contribution is 5.94. The minimum atomic E-state index is -0.491. The molecule has 3 amide bonds. The Kier molecular flexibility index (Phi) is 7.14. The molecule has 1 aliphatic rings. The van der Waals surface area contributed by atoms with E-state index in [4.69, 9.17) is 9.47 Å². The molecule has 6 nitrogen and oxygen atoms in total. The number of urea groups is 1. The van der Waals surface area contributed by atoms with E-state index in [1.54, 1.807) is 31.4 Å². The Balaban J connectivity index is 1.62. The minimum absolute atomic E-state index is 0.217. The molecule has 0 atom stereocenters. The summed E-state index contributed by atoms with van der Waals surface area (Å²) in [6, 6.07) is 6.38. The highest BCUT2D eigenvalue weighted by atomic mass is 16.5. The molecule has 0 bridgehead atoms. The molecule has 2 rings (SSSR count). The van der Waals surface area contributed by atoms with Gasteiger partial charge in [0, 0.05) is 6.54 Å². The van der Waals surface area contributed by atoms with E-state index in [0.717, 1.165) is 19.3 Å². The van der Waals surface area contributed by atoms with Gasteiger partial charge in [-0.05, 0) is 56.4 Å². The molecule has 2 N–H and O–H groups in total. The molecule has 6 heteroatoms. The van der Waals surface area contributed by atoms with Gasteiger partial charge in [0.05, 0.1) is 7.11 Å². The average Bonchev–Trinajstić information content (AvgIpc) is 2.61. The maximum absolute atomic E-state index is 11.7. The van der Waals surface area contributed by atoms with Gasteiger partial charge in [0.15, 0.2) is 6.61 Å². The Bertz CT molecular complexity index is 581. The van der Waals surface area contributed by atoms with Gasteiger partial charge in [-0.3, -0.25) is 10.1 Å². The van der Waals surface area contributed by atoms with E-state index in [-0.39, 0.29) is 6.61 Å². The van der Waals surface area contributed by atoms with Crippen LogP contribution in [-0.2, 0) is 4.79 Å². The predicted octanol–water partition coefficient (Wildman–Crippen LogP) is 2.79. The SMILES string of the molecule is COc1ccc(OCC(=O)NC(=O)NCCC2=CCCCC2)cc1. The Morgan fingerprint density at radius 2 is 1.88 bits per heavy atom. The van der Waals surface area contributed by atoms with Crippen LogP contribution in [0.5, 0.6) is 11.5 Å². The summed E-state index contributed by atoms with van der Waals surface area (Å²) in [5.41, 5.74) is 1.38. The lowest BCUT2D eigenvalue weighted by molar-refractivity contribution is -0.122. The topological polar surface area (TPSA) is 76.7 Å². The quantitative estimate of drug-likeness (QED) is 0.753. The smallest absolute Gasteiger partial charge is 0.321 e. The van der Waals surface area contributed by atoms with Gasteiger partial charge in [-0.2, -0.15) is 0 Å². The van der Waals surface area contributed by atoms with Crippen molar-refractivity contribution < 1.29 is 19.1 Å². The van der Waals surface area contributed by atoms with Gasteiger partial charge >= 0.3 is 6.03 Å². The number of imide groups is 1. The molecule has 0 spiro atoms. The zero-order valence-electron chi connectivity index (χ0n) is 14.0. The first kappa shape index (κ1) is 17.8. The number of hydrogen-bond acceptors (Lipinski definition) is 4. The van der Waals surface area contributed by atoms with E-state index < -0.39 is 11.9 Å². The van der Waals surface area contributed by atoms with Crippen LogP contribution in [0.2, 0.25) is 0 Å². The van der Waals surface area contributed by atoms with Crippen LogP contribution in [-0.4, -0.2) is 32.2 Å². The van der Waals surface area contributed by atoms with Crippen LogP contribution < -0.4 is 20.1 Å². The van der Waals surface area contributed by atoms with Crippen LogP contribution in [0.4, 0.5) is 4.79 Å². The molecular weight excluding hydrogens is 308 g/mol. The average molecular weight is 332 g/mol. The molecule has 0 saturated heterocycles. The fraction of sp³-hybridized carbons (Fsp3) is 0.444. The zero-order chi connectivity index (χ0) is 17.2. The molecule has 1 aromatic rings. The van der Waals surface area contributed by atoms with Crippen LogP contribution in [0.15, 0.2) is 35.9 Å². The molecule has 130 valence electrons. The van der Waals surface area contributed by atoms with E-state index in [2.05, 4.69) is 16.7 Å². The largest absolute Gasteiger partial charge is 0.497 e. The van der Waals surface area contributed by atoms with Crippen molar-refractivity contribution in [3.63, 3.8) is 0 Å². The summed E-state index contributed by atoms with van der Waals surface area (Å²) in [6.45, 7) is 0.315. The van der Waals surface area contributed by atoms with Gasteiger partial charge in [0.25, 0.3) is 5.91 Å². The number of carbonyl (C=O) groups excluding carboxylic acids is 2. The first-order valence-electron chi connectivity index (χ1n) is 8.20. The summed E-state index contributed by atoms with van der Waals surface area (Å²) in [7, 11) is 1.58. The molecule has 24 heavy (non-hydrogen) atoms. The van der Waals surface area contributed by atoms with Crippen molar-refractivity contribution in [3.8, 4) is 11.5 Å². The van der Waals surface area contributed by atoms with Gasteiger partial charge < -0.3 is 14.8 Å². The number of methoxy groups -OCH3 is 1. The molecular formula is C18H24N2O4. The zero-order valence-corrected chi connectivity index (χ0v) is 14.0. The van der Waals surface area contributed by atoms with Crippen molar-refractivity contribution in [2.75, 3.05) is 20.3 Å². The maximum Gasteiger partial charge on any atom is 0.321 e. The normalized spacial score (nSPS) is 13.6. The molecule has 0 aliphatic heterocycles. The highest BCUT2D eigenvalue weighted by Crippen LogP contribution is 2.19. The third kappa shape index (κ3) is 6.32. The Hall–Kier alpha value is -2.50. The second-order valence-electron chi connectivity index (χ2n) is 5.63. The summed E-state index contributed by atoms with van der Waals surface area (Å²) in [5.74, 6) is 0.759. The maximum atomic E-state index is 11.7. The summed E-state index contributed by atoms with van der Waals surface area (Å²) in [6.07, 6.45) is 7.79. The van der Waals surface area contributed by atoms with Gasteiger partial charge in [-0.1, -0.05) is 11.6 Å².